The van der Waals surface area contributed by atoms with Gasteiger partial charge in [0.15, 0.2) is 0 Å². The van der Waals surface area contributed by atoms with E-state index in [1.54, 1.807) is 0 Å². The molecule has 21 heavy (non-hydrogen) atoms. The molecule has 0 N–H and O–H groups in total. The van der Waals surface area contributed by atoms with Crippen LogP contribution in [-0.2, 0) is 12.8 Å². The molecule has 0 bridgehead atoms. The number of nitriles is 2. The van der Waals surface area contributed by atoms with E-state index in [1.165, 1.54) is 5.56 Å². The number of aromatic nitrogens is 1. The van der Waals surface area contributed by atoms with Crippen molar-refractivity contribution in [3.8, 4) is 12.1 Å². The lowest BCUT2D eigenvalue weighted by molar-refractivity contribution is 0.231. The van der Waals surface area contributed by atoms with Gasteiger partial charge in [0.1, 0.15) is 11.9 Å². The second-order valence-electron chi connectivity index (χ2n) is 5.76. The molecule has 1 atom stereocenters. The van der Waals surface area contributed by atoms with Crippen LogP contribution in [0.15, 0.2) is 6.07 Å². The predicted molar refractivity (Wildman–Crippen MR) is 79.8 cm³/mol. The van der Waals surface area contributed by atoms with E-state index in [2.05, 4.69) is 21.9 Å². The molecule has 0 spiro atoms. The molecule has 0 amide bonds. The molecule has 1 aliphatic heterocycles. The number of aryl methyl sites for hydroxylation is 2. The van der Waals surface area contributed by atoms with Crippen molar-refractivity contribution in [2.75, 3.05) is 31.1 Å². The van der Waals surface area contributed by atoms with Crippen molar-refractivity contribution in [1.82, 2.24) is 9.88 Å². The fraction of sp³-hybridized carbons (Fsp3) is 0.562. The highest BCUT2D eigenvalue weighted by Gasteiger charge is 2.25. The van der Waals surface area contributed by atoms with Gasteiger partial charge in [-0.2, -0.15) is 10.5 Å². The van der Waals surface area contributed by atoms with Gasteiger partial charge in [0.2, 0.25) is 0 Å². The minimum atomic E-state index is -0.0458. The highest BCUT2D eigenvalue weighted by Crippen LogP contribution is 2.27. The summed E-state index contributed by atoms with van der Waals surface area (Å²) in [4.78, 5) is 9.13. The highest BCUT2D eigenvalue weighted by atomic mass is 15.3. The Morgan fingerprint density at radius 1 is 1.19 bits per heavy atom. The monoisotopic (exact) mass is 281 g/mol. The molecule has 0 saturated carbocycles. The molecule has 2 heterocycles. The molecule has 0 radical (unpaired) electrons. The summed E-state index contributed by atoms with van der Waals surface area (Å²) in [6.07, 6.45) is 3.22. The van der Waals surface area contributed by atoms with Gasteiger partial charge in [0.05, 0.1) is 17.7 Å². The summed E-state index contributed by atoms with van der Waals surface area (Å²) in [5.74, 6) is 0.836. The van der Waals surface area contributed by atoms with Crippen LogP contribution in [0.5, 0.6) is 0 Å². The SMILES string of the molecule is CC(C#N)N1CCN(c2nc3c(cc2C#N)CCC3)CC1. The van der Waals surface area contributed by atoms with Crippen molar-refractivity contribution in [3.05, 3.63) is 22.9 Å². The van der Waals surface area contributed by atoms with E-state index in [4.69, 9.17) is 10.2 Å². The minimum absolute atomic E-state index is 0.0458. The number of hydrogen-bond acceptors (Lipinski definition) is 5. The summed E-state index contributed by atoms with van der Waals surface area (Å²) in [6.45, 7) is 5.28. The van der Waals surface area contributed by atoms with Gasteiger partial charge < -0.3 is 4.90 Å². The molecule has 1 fully saturated rings. The summed E-state index contributed by atoms with van der Waals surface area (Å²) in [7, 11) is 0. The maximum absolute atomic E-state index is 9.39. The molecule has 108 valence electrons. The second kappa shape index (κ2) is 5.71. The normalized spacial score (nSPS) is 19.7. The Labute approximate surface area is 125 Å². The van der Waals surface area contributed by atoms with E-state index in [0.29, 0.717) is 5.56 Å². The third-order valence-corrected chi connectivity index (χ3v) is 4.50. The van der Waals surface area contributed by atoms with Crippen LogP contribution in [0.1, 0.15) is 30.2 Å². The largest absolute Gasteiger partial charge is 0.353 e. The van der Waals surface area contributed by atoms with Crippen LogP contribution >= 0.6 is 0 Å². The number of rotatable bonds is 2. The van der Waals surface area contributed by atoms with E-state index in [-0.39, 0.29) is 6.04 Å². The average Bonchev–Trinajstić information content (AvgIpc) is 3.00. The Bertz CT molecular complexity index is 617. The van der Waals surface area contributed by atoms with Crippen molar-refractivity contribution in [2.45, 2.75) is 32.2 Å². The maximum atomic E-state index is 9.39. The van der Waals surface area contributed by atoms with Gasteiger partial charge in [-0.3, -0.25) is 4.90 Å². The van der Waals surface area contributed by atoms with E-state index < -0.39 is 0 Å². The van der Waals surface area contributed by atoms with Crippen molar-refractivity contribution in [3.63, 3.8) is 0 Å². The third kappa shape index (κ3) is 2.57. The fourth-order valence-electron chi connectivity index (χ4n) is 3.19. The predicted octanol–water partition coefficient (Wildman–Crippen LogP) is 1.48. The molecule has 1 aromatic heterocycles. The van der Waals surface area contributed by atoms with Crippen LogP contribution in [0.2, 0.25) is 0 Å². The van der Waals surface area contributed by atoms with Crippen molar-refractivity contribution in [1.29, 1.82) is 10.5 Å². The highest BCUT2D eigenvalue weighted by molar-refractivity contribution is 5.57. The van der Waals surface area contributed by atoms with Gasteiger partial charge in [0, 0.05) is 31.9 Å². The van der Waals surface area contributed by atoms with Crippen LogP contribution in [0.3, 0.4) is 0 Å². The third-order valence-electron chi connectivity index (χ3n) is 4.50. The molecule has 1 unspecified atom stereocenters. The molecule has 1 saturated heterocycles. The summed E-state index contributed by atoms with van der Waals surface area (Å²) in [6, 6.07) is 6.56. The van der Waals surface area contributed by atoms with Crippen LogP contribution < -0.4 is 4.90 Å². The van der Waals surface area contributed by atoms with Crippen LogP contribution in [0.25, 0.3) is 0 Å². The second-order valence-corrected chi connectivity index (χ2v) is 5.76. The first kappa shape index (κ1) is 13.9. The molecular formula is C16H19N5. The van der Waals surface area contributed by atoms with Gasteiger partial charge in [-0.25, -0.2) is 4.98 Å². The first-order valence-electron chi connectivity index (χ1n) is 7.54. The lowest BCUT2D eigenvalue weighted by Gasteiger charge is -2.36. The molecule has 2 aliphatic rings. The lowest BCUT2D eigenvalue weighted by Crippen LogP contribution is -2.49. The van der Waals surface area contributed by atoms with Crippen LogP contribution in [0, 0.1) is 22.7 Å². The number of pyridine rings is 1. The maximum Gasteiger partial charge on any atom is 0.146 e. The van der Waals surface area contributed by atoms with Gasteiger partial charge in [-0.05, 0) is 37.8 Å². The summed E-state index contributed by atoms with van der Waals surface area (Å²) < 4.78 is 0. The molecular weight excluding hydrogens is 262 g/mol. The van der Waals surface area contributed by atoms with E-state index in [0.717, 1.165) is 57.0 Å². The smallest absolute Gasteiger partial charge is 0.146 e. The number of piperazine rings is 1. The zero-order chi connectivity index (χ0) is 14.8. The molecule has 0 aromatic carbocycles. The van der Waals surface area contributed by atoms with Crippen molar-refractivity contribution in [2.24, 2.45) is 0 Å². The zero-order valence-corrected chi connectivity index (χ0v) is 12.3. The number of anilines is 1. The Hall–Kier alpha value is -2.11. The molecule has 1 aliphatic carbocycles. The first-order valence-corrected chi connectivity index (χ1v) is 7.54. The quantitative estimate of drug-likeness (QED) is 0.821. The summed E-state index contributed by atoms with van der Waals surface area (Å²) in [5.41, 5.74) is 3.10. The van der Waals surface area contributed by atoms with Crippen molar-refractivity contribution >= 4 is 5.82 Å². The number of fused-ring (bicyclic) bond motifs is 1. The van der Waals surface area contributed by atoms with Crippen LogP contribution in [-0.4, -0.2) is 42.1 Å². The number of nitrogens with zero attached hydrogens (tertiary/aromatic N) is 5. The van der Waals surface area contributed by atoms with Gasteiger partial charge in [-0.15, -0.1) is 0 Å². The standard InChI is InChI=1S/C16H19N5/c1-12(10-17)20-5-7-21(8-6-20)16-14(11-18)9-13-3-2-4-15(13)19-16/h9,12H,2-8H2,1H3. The van der Waals surface area contributed by atoms with Crippen molar-refractivity contribution < 1.29 is 0 Å². The Balaban J connectivity index is 1.80. The molecule has 3 rings (SSSR count). The Morgan fingerprint density at radius 2 is 1.95 bits per heavy atom. The first-order chi connectivity index (χ1) is 10.2. The van der Waals surface area contributed by atoms with Crippen LogP contribution in [0.4, 0.5) is 5.82 Å². The van der Waals surface area contributed by atoms with E-state index >= 15 is 0 Å². The molecule has 5 nitrogen and oxygen atoms in total. The van der Waals surface area contributed by atoms with Gasteiger partial charge in [0.25, 0.3) is 0 Å². The van der Waals surface area contributed by atoms with Gasteiger partial charge >= 0.3 is 0 Å². The summed E-state index contributed by atoms with van der Waals surface area (Å²) in [5, 5.41) is 18.4. The van der Waals surface area contributed by atoms with E-state index in [1.807, 2.05) is 13.0 Å². The number of hydrogen-bond donors (Lipinski definition) is 0. The Morgan fingerprint density at radius 3 is 2.62 bits per heavy atom. The van der Waals surface area contributed by atoms with E-state index in [9.17, 15) is 5.26 Å². The topological polar surface area (TPSA) is 67.0 Å². The zero-order valence-electron chi connectivity index (χ0n) is 12.3. The van der Waals surface area contributed by atoms with Gasteiger partial charge in [-0.1, -0.05) is 0 Å². The fourth-order valence-corrected chi connectivity index (χ4v) is 3.19. The molecule has 5 heteroatoms. The summed E-state index contributed by atoms with van der Waals surface area (Å²) >= 11 is 0. The average molecular weight is 281 g/mol. The minimum Gasteiger partial charge on any atom is -0.353 e. The lowest BCUT2D eigenvalue weighted by atomic mass is 10.1. The molecule has 1 aromatic rings. The Kier molecular flexibility index (Phi) is 3.77.